The van der Waals surface area contributed by atoms with Gasteiger partial charge in [-0.1, -0.05) is 24.3 Å². The number of aromatic nitrogens is 2. The van der Waals surface area contributed by atoms with Gasteiger partial charge < -0.3 is 19.6 Å². The first-order valence-electron chi connectivity index (χ1n) is 15.6. The Morgan fingerprint density at radius 3 is 1.38 bits per heavy atom. The Kier molecular flexibility index (Phi) is 12.0. The van der Waals surface area contributed by atoms with Crippen molar-refractivity contribution in [1.29, 1.82) is 0 Å². The van der Waals surface area contributed by atoms with Crippen LogP contribution in [0.15, 0.2) is 71.7 Å². The summed E-state index contributed by atoms with van der Waals surface area (Å²) < 4.78 is 0. The molecular weight excluding hydrogens is 657 g/mol. The highest BCUT2D eigenvalue weighted by atomic mass is 32.1. The Labute approximate surface area is 285 Å². The molecule has 0 saturated carbocycles. The van der Waals surface area contributed by atoms with E-state index in [1.165, 1.54) is 24.3 Å². The number of thiazole rings is 2. The first-order valence-corrected chi connectivity index (χ1v) is 17.3. The molecule has 2 aliphatic heterocycles. The van der Waals surface area contributed by atoms with E-state index in [2.05, 4.69) is 19.8 Å². The lowest BCUT2D eigenvalue weighted by Crippen LogP contribution is -2.48. The number of carbonyl (C=O) groups excluding carboxylic acids is 2. The second kappa shape index (κ2) is 16.7. The van der Waals surface area contributed by atoms with Crippen molar-refractivity contribution in [3.63, 3.8) is 0 Å². The van der Waals surface area contributed by atoms with Gasteiger partial charge in [-0.3, -0.25) is 29.8 Å². The summed E-state index contributed by atoms with van der Waals surface area (Å²) in [5.74, 6) is 0.195. The number of nitrogens with zero attached hydrogens (tertiary/aromatic N) is 8. The summed E-state index contributed by atoms with van der Waals surface area (Å²) in [6, 6.07) is 12.9. The number of aryl methyl sites for hydroxylation is 2. The molecule has 0 aliphatic carbocycles. The van der Waals surface area contributed by atoms with Gasteiger partial charge in [-0.2, -0.15) is 0 Å². The first-order chi connectivity index (χ1) is 23.3. The number of nitro benzene ring substituents is 2. The van der Waals surface area contributed by atoms with Crippen molar-refractivity contribution >= 4 is 56.1 Å². The quantitative estimate of drug-likeness (QED) is 0.169. The van der Waals surface area contributed by atoms with E-state index < -0.39 is 9.85 Å². The Hall–Kier alpha value is -4.96. The van der Waals surface area contributed by atoms with Gasteiger partial charge in [0.05, 0.1) is 9.85 Å². The van der Waals surface area contributed by atoms with E-state index in [-0.39, 0.29) is 23.2 Å². The molecule has 252 valence electrons. The summed E-state index contributed by atoms with van der Waals surface area (Å²) in [4.78, 5) is 62.1. The van der Waals surface area contributed by atoms with Crippen LogP contribution in [0, 0.1) is 20.2 Å². The summed E-state index contributed by atoms with van der Waals surface area (Å²) in [5, 5.41) is 27.5. The molecule has 4 heterocycles. The number of anilines is 2. The molecule has 2 fully saturated rings. The molecule has 0 unspecified atom stereocenters. The highest BCUT2D eigenvalue weighted by Crippen LogP contribution is 2.21. The van der Waals surface area contributed by atoms with Crippen molar-refractivity contribution in [2.24, 2.45) is 0 Å². The minimum absolute atomic E-state index is 0.0667. The van der Waals surface area contributed by atoms with E-state index in [1.807, 2.05) is 32.7 Å². The van der Waals surface area contributed by atoms with Crippen LogP contribution in [0.3, 0.4) is 0 Å². The predicted molar refractivity (Wildman–Crippen MR) is 185 cm³/mol. The van der Waals surface area contributed by atoms with Crippen LogP contribution < -0.4 is 9.80 Å². The van der Waals surface area contributed by atoms with Crippen molar-refractivity contribution in [1.82, 2.24) is 19.8 Å². The third-order valence-electron chi connectivity index (χ3n) is 8.14. The topological polar surface area (TPSA) is 159 Å². The Bertz CT molecular complexity index is 1550. The zero-order valence-corrected chi connectivity index (χ0v) is 27.9. The maximum absolute atomic E-state index is 12.3. The van der Waals surface area contributed by atoms with Crippen molar-refractivity contribution in [2.45, 2.75) is 25.7 Å². The number of nitro groups is 2. The molecule has 14 nitrogen and oxygen atoms in total. The average Bonchev–Trinajstić information content (AvgIpc) is 3.86. The minimum Gasteiger partial charge on any atom is -0.345 e. The average molecular weight is 693 g/mol. The highest BCUT2D eigenvalue weighted by molar-refractivity contribution is 7.13. The predicted octanol–water partition coefficient (Wildman–Crippen LogP) is 4.67. The monoisotopic (exact) mass is 692 g/mol. The summed E-state index contributed by atoms with van der Waals surface area (Å²) in [5.41, 5.74) is 1.77. The SMILES string of the molecule is O=C(CCc1cccc([N+](=O)[O-])c1)N1CCN(c2nccs2)CC1.O=C(CCc1cccc([N+](=O)[O-])c1)N1CCN(c2nccs2)CC1. The second-order valence-corrected chi connectivity index (χ2v) is 13.0. The van der Waals surface area contributed by atoms with Gasteiger partial charge in [-0.15, -0.1) is 22.7 Å². The van der Waals surface area contributed by atoms with Gasteiger partial charge in [0.25, 0.3) is 11.4 Å². The number of non-ortho nitro benzene ring substituents is 2. The number of hydrogen-bond donors (Lipinski definition) is 0. The van der Waals surface area contributed by atoms with Crippen LogP contribution in [-0.4, -0.2) is 93.8 Å². The summed E-state index contributed by atoms with van der Waals surface area (Å²) in [6.45, 7) is 5.90. The van der Waals surface area contributed by atoms with Crippen molar-refractivity contribution in [3.05, 3.63) is 103 Å². The van der Waals surface area contributed by atoms with E-state index in [0.717, 1.165) is 47.6 Å². The van der Waals surface area contributed by atoms with Crippen LogP contribution in [0.5, 0.6) is 0 Å². The molecule has 4 aromatic rings. The molecule has 2 amide bonds. The Morgan fingerprint density at radius 1 is 0.646 bits per heavy atom. The fraction of sp³-hybridized carbons (Fsp3) is 0.375. The number of carbonyl (C=O) groups is 2. The van der Waals surface area contributed by atoms with Gasteiger partial charge in [-0.25, -0.2) is 9.97 Å². The number of benzene rings is 2. The molecule has 0 spiro atoms. The lowest BCUT2D eigenvalue weighted by molar-refractivity contribution is -0.385. The third kappa shape index (κ3) is 9.54. The zero-order valence-electron chi connectivity index (χ0n) is 26.3. The fourth-order valence-electron chi connectivity index (χ4n) is 5.51. The van der Waals surface area contributed by atoms with Crippen LogP contribution in [0.25, 0.3) is 0 Å². The fourth-order valence-corrected chi connectivity index (χ4v) is 6.90. The summed E-state index contributed by atoms with van der Waals surface area (Å²) in [6.07, 6.45) is 5.37. The first kappa shape index (κ1) is 34.4. The normalized spacial score (nSPS) is 14.7. The molecule has 48 heavy (non-hydrogen) atoms. The number of piperazine rings is 2. The molecule has 0 bridgehead atoms. The third-order valence-corrected chi connectivity index (χ3v) is 9.81. The molecular formula is C32H36N8O6S2. The molecule has 2 saturated heterocycles. The Morgan fingerprint density at radius 2 is 1.04 bits per heavy atom. The zero-order chi connectivity index (χ0) is 33.9. The van der Waals surface area contributed by atoms with Crippen LogP contribution >= 0.6 is 22.7 Å². The number of amides is 2. The van der Waals surface area contributed by atoms with E-state index in [1.54, 1.807) is 47.2 Å². The van der Waals surface area contributed by atoms with Crippen molar-refractivity contribution < 1.29 is 19.4 Å². The van der Waals surface area contributed by atoms with E-state index in [0.29, 0.717) is 51.9 Å². The van der Waals surface area contributed by atoms with Gasteiger partial charge in [0, 0.05) is 113 Å². The van der Waals surface area contributed by atoms with E-state index in [9.17, 15) is 29.8 Å². The maximum Gasteiger partial charge on any atom is 0.269 e. The highest BCUT2D eigenvalue weighted by Gasteiger charge is 2.23. The molecule has 2 aromatic carbocycles. The van der Waals surface area contributed by atoms with Crippen LogP contribution in [0.1, 0.15) is 24.0 Å². The molecule has 2 aromatic heterocycles. The molecule has 6 rings (SSSR count). The van der Waals surface area contributed by atoms with Gasteiger partial charge in [0.1, 0.15) is 0 Å². The smallest absolute Gasteiger partial charge is 0.269 e. The minimum atomic E-state index is -0.414. The summed E-state index contributed by atoms with van der Waals surface area (Å²) in [7, 11) is 0. The van der Waals surface area contributed by atoms with Crippen LogP contribution in [-0.2, 0) is 22.4 Å². The second-order valence-electron chi connectivity index (χ2n) is 11.2. The van der Waals surface area contributed by atoms with Gasteiger partial charge >= 0.3 is 0 Å². The maximum atomic E-state index is 12.3. The van der Waals surface area contributed by atoms with Crippen LogP contribution in [0.2, 0.25) is 0 Å². The molecule has 2 aliphatic rings. The van der Waals surface area contributed by atoms with Crippen molar-refractivity contribution in [2.75, 3.05) is 62.2 Å². The van der Waals surface area contributed by atoms with Crippen LogP contribution in [0.4, 0.5) is 21.6 Å². The Balaban J connectivity index is 0.000000188. The summed E-state index contributed by atoms with van der Waals surface area (Å²) >= 11 is 3.21. The molecule has 0 radical (unpaired) electrons. The van der Waals surface area contributed by atoms with Crippen molar-refractivity contribution in [3.8, 4) is 0 Å². The lowest BCUT2D eigenvalue weighted by Gasteiger charge is -2.34. The van der Waals surface area contributed by atoms with E-state index in [4.69, 9.17) is 0 Å². The van der Waals surface area contributed by atoms with Gasteiger partial charge in [-0.05, 0) is 24.0 Å². The number of hydrogen-bond acceptors (Lipinski definition) is 12. The molecule has 16 heteroatoms. The number of rotatable bonds is 10. The van der Waals surface area contributed by atoms with Gasteiger partial charge in [0.2, 0.25) is 11.8 Å². The van der Waals surface area contributed by atoms with E-state index >= 15 is 0 Å². The van der Waals surface area contributed by atoms with Gasteiger partial charge in [0.15, 0.2) is 10.3 Å². The lowest BCUT2D eigenvalue weighted by atomic mass is 10.1. The largest absolute Gasteiger partial charge is 0.345 e. The molecule has 0 N–H and O–H groups in total. The molecule has 0 atom stereocenters. The standard InChI is InChI=1S/2C16H18N4O3S/c2*21-15(5-4-13-2-1-3-14(12-13)20(22)23)18-7-9-19(10-8-18)16-17-6-11-24-16/h2*1-3,6,11-12H,4-5,7-10H2.